The van der Waals surface area contributed by atoms with E-state index < -0.39 is 51.4 Å². The first kappa shape index (κ1) is 24.1. The highest BCUT2D eigenvalue weighted by Crippen LogP contribution is 2.49. The molecular formula is C20H11Cl3F4N3O2-. The molecule has 2 aromatic rings. The van der Waals surface area contributed by atoms with E-state index in [9.17, 15) is 27.6 Å². The highest BCUT2D eigenvalue weighted by molar-refractivity contribution is 6.68. The number of carbonyl (C=O) groups excluding carboxylic acids is 1. The molecule has 0 aliphatic carbocycles. The van der Waals surface area contributed by atoms with Gasteiger partial charge in [0.05, 0.1) is 17.3 Å². The Morgan fingerprint density at radius 2 is 1.84 bits per heavy atom. The van der Waals surface area contributed by atoms with Crippen LogP contribution in [0.2, 0.25) is 10.0 Å². The summed E-state index contributed by atoms with van der Waals surface area (Å²) in [6.07, 6.45) is -4.63. The van der Waals surface area contributed by atoms with Gasteiger partial charge in [-0.15, -0.1) is 0 Å². The van der Waals surface area contributed by atoms with Crippen LogP contribution in [0.4, 0.5) is 23.2 Å². The third-order valence-electron chi connectivity index (χ3n) is 4.46. The number of allylic oxidation sites excluding steroid dienone is 1. The number of hydrogen-bond donors (Lipinski definition) is 1. The minimum absolute atomic E-state index is 0.0160. The zero-order valence-electron chi connectivity index (χ0n) is 15.6. The van der Waals surface area contributed by atoms with Crippen molar-refractivity contribution in [3.63, 3.8) is 0 Å². The van der Waals surface area contributed by atoms with Gasteiger partial charge in [0.1, 0.15) is 5.82 Å². The Hall–Kier alpha value is -2.59. The van der Waals surface area contributed by atoms with Crippen molar-refractivity contribution in [1.29, 1.82) is 0 Å². The molecule has 1 aliphatic heterocycles. The molecule has 1 atom stereocenters. The highest BCUT2D eigenvalue weighted by Gasteiger charge is 2.46. The molecule has 2 aromatic carbocycles. The second-order valence-corrected chi connectivity index (χ2v) is 7.60. The van der Waals surface area contributed by atoms with Gasteiger partial charge in [0, 0.05) is 33.1 Å². The van der Waals surface area contributed by atoms with Crippen molar-refractivity contribution in [3.05, 3.63) is 92.1 Å². The van der Waals surface area contributed by atoms with Crippen LogP contribution in [0.15, 0.2) is 70.5 Å². The van der Waals surface area contributed by atoms with E-state index in [2.05, 4.69) is 4.99 Å². The number of nitrogens with zero attached hydrogens (tertiary/aromatic N) is 2. The summed E-state index contributed by atoms with van der Waals surface area (Å²) in [4.78, 5) is 15.6. The van der Waals surface area contributed by atoms with Gasteiger partial charge >= 0.3 is 6.18 Å². The van der Waals surface area contributed by atoms with E-state index in [1.165, 1.54) is 30.3 Å². The molecule has 1 heterocycles. The molecule has 0 bridgehead atoms. The third-order valence-corrected chi connectivity index (χ3v) is 5.23. The predicted octanol–water partition coefficient (Wildman–Crippen LogP) is 6.18. The molecule has 0 saturated heterocycles. The lowest BCUT2D eigenvalue weighted by Gasteiger charge is -2.51. The Bertz CT molecular complexity index is 1160. The van der Waals surface area contributed by atoms with Crippen LogP contribution < -0.4 is 5.73 Å². The molecule has 1 unspecified atom stereocenters. The van der Waals surface area contributed by atoms with E-state index in [1.807, 2.05) is 0 Å². The average Bonchev–Trinajstić information content (AvgIpc) is 2.69. The Labute approximate surface area is 193 Å². The van der Waals surface area contributed by atoms with E-state index >= 15 is 0 Å². The lowest BCUT2D eigenvalue weighted by Crippen LogP contribution is -2.42. The summed E-state index contributed by atoms with van der Waals surface area (Å²) in [6, 6.07) is 7.01. The van der Waals surface area contributed by atoms with Crippen LogP contribution in [0.25, 0.3) is 0 Å². The zero-order chi connectivity index (χ0) is 23.8. The molecule has 2 N–H and O–H groups in total. The molecule has 3 rings (SSSR count). The fourth-order valence-corrected chi connectivity index (χ4v) is 3.79. The van der Waals surface area contributed by atoms with Crippen LogP contribution in [0, 0.1) is 11.0 Å². The van der Waals surface area contributed by atoms with Gasteiger partial charge in [-0.1, -0.05) is 35.3 Å². The molecule has 0 fully saturated rings. The van der Waals surface area contributed by atoms with Crippen LogP contribution >= 0.6 is 34.8 Å². The van der Waals surface area contributed by atoms with Crippen molar-refractivity contribution in [2.45, 2.75) is 12.2 Å². The maximum atomic E-state index is 14.3. The van der Waals surface area contributed by atoms with Gasteiger partial charge in [-0.05, 0) is 41.9 Å². The SMILES string of the molecule is NC=C(C(=Nc1cccc(Cl)c1)C(F)(F)F)C1=C(C(=O)Cl)C(c2c(F)cccc2Cl)N1[O-]. The number of carbonyl (C=O) groups is 1. The van der Waals surface area contributed by atoms with E-state index in [0.717, 1.165) is 12.1 Å². The monoisotopic (exact) mass is 506 g/mol. The highest BCUT2D eigenvalue weighted by atomic mass is 35.5. The fourth-order valence-electron chi connectivity index (χ4n) is 3.15. The molecule has 12 heteroatoms. The van der Waals surface area contributed by atoms with Gasteiger partial charge in [-0.3, -0.25) is 4.79 Å². The van der Waals surface area contributed by atoms with E-state index in [4.69, 9.17) is 40.5 Å². The van der Waals surface area contributed by atoms with E-state index in [-0.39, 0.29) is 20.8 Å². The van der Waals surface area contributed by atoms with Crippen molar-refractivity contribution in [3.8, 4) is 0 Å². The first-order chi connectivity index (χ1) is 15.0. The summed E-state index contributed by atoms with van der Waals surface area (Å²) in [5.74, 6) is -0.945. The molecule has 5 nitrogen and oxygen atoms in total. The minimum atomic E-state index is -5.09. The largest absolute Gasteiger partial charge is 0.758 e. The first-order valence-corrected chi connectivity index (χ1v) is 9.79. The van der Waals surface area contributed by atoms with Crippen LogP contribution in [-0.2, 0) is 4.79 Å². The van der Waals surface area contributed by atoms with Crippen molar-refractivity contribution in [2.24, 2.45) is 10.7 Å². The summed E-state index contributed by atoms with van der Waals surface area (Å²) >= 11 is 17.3. The summed E-state index contributed by atoms with van der Waals surface area (Å²) in [5, 5.41) is 11.4. The Kier molecular flexibility index (Phi) is 6.85. The first-order valence-electron chi connectivity index (χ1n) is 8.65. The smallest absolute Gasteiger partial charge is 0.434 e. The van der Waals surface area contributed by atoms with Crippen molar-refractivity contribution in [1.82, 2.24) is 5.06 Å². The fraction of sp³-hybridized carbons (Fsp3) is 0.100. The maximum absolute atomic E-state index is 14.3. The maximum Gasteiger partial charge on any atom is 0.434 e. The van der Waals surface area contributed by atoms with Crippen molar-refractivity contribution < 1.29 is 22.4 Å². The molecule has 1 aliphatic rings. The average molecular weight is 508 g/mol. The Morgan fingerprint density at radius 1 is 1.19 bits per heavy atom. The van der Waals surface area contributed by atoms with Crippen LogP contribution in [-0.4, -0.2) is 22.2 Å². The summed E-state index contributed by atoms with van der Waals surface area (Å²) in [6.45, 7) is 0. The number of hydroxylamine groups is 2. The predicted molar refractivity (Wildman–Crippen MR) is 114 cm³/mol. The van der Waals surface area contributed by atoms with Crippen LogP contribution in [0.1, 0.15) is 11.6 Å². The van der Waals surface area contributed by atoms with Crippen LogP contribution in [0.5, 0.6) is 0 Å². The van der Waals surface area contributed by atoms with Crippen molar-refractivity contribution in [2.75, 3.05) is 0 Å². The topological polar surface area (TPSA) is 81.8 Å². The molecule has 0 spiro atoms. The third kappa shape index (κ3) is 4.47. The number of hydrogen-bond acceptors (Lipinski definition) is 5. The molecular weight excluding hydrogens is 497 g/mol. The summed E-state index contributed by atoms with van der Waals surface area (Å²) in [5.41, 5.74) is 0.921. The summed E-state index contributed by atoms with van der Waals surface area (Å²) in [7, 11) is 0. The lowest BCUT2D eigenvalue weighted by molar-refractivity contribution is -0.109. The lowest BCUT2D eigenvalue weighted by atomic mass is 9.85. The Balaban J connectivity index is 2.21. The quantitative estimate of drug-likeness (QED) is 0.297. The number of rotatable bonds is 5. The number of alkyl halides is 3. The van der Waals surface area contributed by atoms with E-state index in [1.54, 1.807) is 0 Å². The molecule has 0 saturated carbocycles. The van der Waals surface area contributed by atoms with E-state index in [0.29, 0.717) is 6.20 Å². The Morgan fingerprint density at radius 3 is 2.38 bits per heavy atom. The molecule has 0 amide bonds. The van der Waals surface area contributed by atoms with Crippen molar-refractivity contribution >= 4 is 51.4 Å². The second kappa shape index (κ2) is 9.11. The molecule has 0 aromatic heterocycles. The number of aliphatic imine (C=N–C) groups is 1. The van der Waals surface area contributed by atoms with Crippen LogP contribution in [0.3, 0.4) is 0 Å². The zero-order valence-corrected chi connectivity index (χ0v) is 17.9. The molecule has 0 radical (unpaired) electrons. The van der Waals surface area contributed by atoms with Gasteiger partial charge in [-0.2, -0.15) is 13.2 Å². The van der Waals surface area contributed by atoms with Gasteiger partial charge in [-0.25, -0.2) is 9.38 Å². The minimum Gasteiger partial charge on any atom is -0.758 e. The standard InChI is InChI=1S/C20H11Cl3F4N3O2/c21-9-3-1-4-10(7-9)29-18(20(25,26)27)11(8-28)16-15(19(23)31)17(30(16)32)14-12(22)5-2-6-13(14)24/h1-8,17H,28H2/q-1. The second-order valence-electron chi connectivity index (χ2n) is 6.42. The number of halogens is 7. The summed E-state index contributed by atoms with van der Waals surface area (Å²) < 4.78 is 55.9. The molecule has 168 valence electrons. The van der Waals surface area contributed by atoms with Gasteiger partial charge in [0.2, 0.25) is 0 Å². The number of benzene rings is 2. The van der Waals surface area contributed by atoms with Gasteiger partial charge in [0.25, 0.3) is 5.24 Å². The normalized spacial score (nSPS) is 17.5. The number of nitrogens with two attached hydrogens (primary N) is 1. The molecule has 32 heavy (non-hydrogen) atoms. The van der Waals surface area contributed by atoms with Gasteiger partial charge < -0.3 is 16.0 Å². The van der Waals surface area contributed by atoms with Gasteiger partial charge in [0.15, 0.2) is 5.71 Å².